The van der Waals surface area contributed by atoms with Crippen molar-refractivity contribution in [2.75, 3.05) is 43.1 Å². The molecule has 8 heteroatoms. The van der Waals surface area contributed by atoms with E-state index in [-0.39, 0.29) is 17.6 Å². The number of nitrogens with zero attached hydrogens (tertiary/aromatic N) is 3. The normalized spacial score (nSPS) is 14.9. The number of nitriles is 1. The summed E-state index contributed by atoms with van der Waals surface area (Å²) in [6.45, 7) is 2.38. The fourth-order valence-corrected chi connectivity index (χ4v) is 3.83. The predicted molar refractivity (Wildman–Crippen MR) is 113 cm³/mol. The lowest BCUT2D eigenvalue weighted by Crippen LogP contribution is -2.55. The van der Waals surface area contributed by atoms with E-state index in [0.717, 1.165) is 11.4 Å². The molecule has 1 aromatic heterocycles. The molecule has 1 aliphatic heterocycles. The number of nitrogens with one attached hydrogen (secondary N) is 1. The van der Waals surface area contributed by atoms with Gasteiger partial charge < -0.3 is 19.5 Å². The van der Waals surface area contributed by atoms with Gasteiger partial charge in [0.15, 0.2) is 5.76 Å². The number of benzene rings is 1. The predicted octanol–water partition coefficient (Wildman–Crippen LogP) is 2.35. The molecule has 1 aromatic carbocycles. The Balaban J connectivity index is 1.63. The van der Waals surface area contributed by atoms with Crippen LogP contribution in [0.4, 0.5) is 5.69 Å². The topological polar surface area (TPSA) is 89.6 Å². The maximum Gasteiger partial charge on any atom is 0.287 e. The molecule has 1 fully saturated rings. The Morgan fingerprint density at radius 3 is 2.62 bits per heavy atom. The maximum absolute atomic E-state index is 13.1. The third-order valence-electron chi connectivity index (χ3n) is 4.92. The van der Waals surface area contributed by atoms with Gasteiger partial charge in [-0.25, -0.2) is 0 Å². The monoisotopic (exact) mass is 412 g/mol. The van der Waals surface area contributed by atoms with Crippen LogP contribution in [0.25, 0.3) is 0 Å². The van der Waals surface area contributed by atoms with Gasteiger partial charge in [0.1, 0.15) is 12.1 Å². The number of piperazine rings is 1. The van der Waals surface area contributed by atoms with Crippen molar-refractivity contribution < 1.29 is 14.0 Å². The van der Waals surface area contributed by atoms with E-state index >= 15 is 0 Å². The number of rotatable bonds is 7. The standard InChI is InChI=1S/C21H24N4O3S/c1-29-14-8-17(23-20(26)19-7-4-13-28-19)21(27)25-11-9-24(10-12-25)18-6-3-2-5-16(18)15-22/h2-7,13,17H,8-12,14H2,1H3,(H,23,26). The number of hydrogen-bond donors (Lipinski definition) is 1. The minimum atomic E-state index is -0.585. The van der Waals surface area contributed by atoms with Crippen molar-refractivity contribution in [2.45, 2.75) is 12.5 Å². The van der Waals surface area contributed by atoms with Crippen molar-refractivity contribution >= 4 is 29.3 Å². The first kappa shape index (κ1) is 20.8. The van der Waals surface area contributed by atoms with E-state index in [1.54, 1.807) is 34.9 Å². The summed E-state index contributed by atoms with van der Waals surface area (Å²) in [4.78, 5) is 29.3. The molecule has 0 saturated carbocycles. The van der Waals surface area contributed by atoms with Gasteiger partial charge in [0, 0.05) is 26.2 Å². The van der Waals surface area contributed by atoms with Gasteiger partial charge in [-0.3, -0.25) is 9.59 Å². The highest BCUT2D eigenvalue weighted by molar-refractivity contribution is 7.98. The van der Waals surface area contributed by atoms with Gasteiger partial charge >= 0.3 is 0 Å². The van der Waals surface area contributed by atoms with Gasteiger partial charge in [-0.1, -0.05) is 12.1 Å². The minimum Gasteiger partial charge on any atom is -0.459 e. The lowest BCUT2D eigenvalue weighted by molar-refractivity contribution is -0.133. The highest BCUT2D eigenvalue weighted by atomic mass is 32.2. The first-order chi connectivity index (χ1) is 14.1. The van der Waals surface area contributed by atoms with E-state index in [4.69, 9.17) is 4.42 Å². The molecule has 1 N–H and O–H groups in total. The number of anilines is 1. The van der Waals surface area contributed by atoms with Crippen LogP contribution in [-0.2, 0) is 4.79 Å². The number of carbonyl (C=O) groups excluding carboxylic acids is 2. The Morgan fingerprint density at radius 1 is 1.21 bits per heavy atom. The Labute approximate surface area is 174 Å². The number of hydrogen-bond acceptors (Lipinski definition) is 6. The van der Waals surface area contributed by atoms with Crippen LogP contribution in [-0.4, -0.2) is 60.9 Å². The lowest BCUT2D eigenvalue weighted by atomic mass is 10.1. The zero-order valence-corrected chi connectivity index (χ0v) is 17.2. The van der Waals surface area contributed by atoms with Crippen LogP contribution in [0.1, 0.15) is 22.5 Å². The van der Waals surface area contributed by atoms with Gasteiger partial charge in [0.2, 0.25) is 5.91 Å². The number of furan rings is 1. The first-order valence-electron chi connectivity index (χ1n) is 9.50. The maximum atomic E-state index is 13.1. The van der Waals surface area contributed by atoms with E-state index in [9.17, 15) is 14.9 Å². The van der Waals surface area contributed by atoms with Gasteiger partial charge in [-0.2, -0.15) is 17.0 Å². The van der Waals surface area contributed by atoms with Crippen molar-refractivity contribution in [3.63, 3.8) is 0 Å². The van der Waals surface area contributed by atoms with Crippen LogP contribution in [0.2, 0.25) is 0 Å². The van der Waals surface area contributed by atoms with E-state index in [2.05, 4.69) is 16.3 Å². The van der Waals surface area contributed by atoms with Crippen LogP contribution in [0.15, 0.2) is 47.1 Å². The van der Waals surface area contributed by atoms with Crippen LogP contribution >= 0.6 is 11.8 Å². The number of amides is 2. The highest BCUT2D eigenvalue weighted by Gasteiger charge is 2.29. The van der Waals surface area contributed by atoms with E-state index in [1.165, 1.54) is 6.26 Å². The second-order valence-corrected chi connectivity index (χ2v) is 7.71. The van der Waals surface area contributed by atoms with Crippen molar-refractivity contribution in [3.05, 3.63) is 54.0 Å². The average molecular weight is 413 g/mol. The van der Waals surface area contributed by atoms with Crippen LogP contribution in [0.5, 0.6) is 0 Å². The fourth-order valence-electron chi connectivity index (χ4n) is 3.36. The van der Waals surface area contributed by atoms with Crippen molar-refractivity contribution in [2.24, 2.45) is 0 Å². The van der Waals surface area contributed by atoms with E-state index < -0.39 is 6.04 Å². The number of thioether (sulfide) groups is 1. The molecule has 3 rings (SSSR count). The second kappa shape index (κ2) is 10.0. The SMILES string of the molecule is CSCCC(NC(=O)c1ccco1)C(=O)N1CCN(c2ccccc2C#N)CC1. The summed E-state index contributed by atoms with van der Waals surface area (Å²) in [5.74, 6) is 0.512. The molecule has 0 aliphatic carbocycles. The molecule has 1 atom stereocenters. The molecule has 0 bridgehead atoms. The minimum absolute atomic E-state index is 0.0767. The summed E-state index contributed by atoms with van der Waals surface area (Å²) in [6.07, 6.45) is 3.97. The average Bonchev–Trinajstić information content (AvgIpc) is 3.31. The molecular formula is C21H24N4O3S. The van der Waals surface area contributed by atoms with E-state index in [0.29, 0.717) is 38.2 Å². The van der Waals surface area contributed by atoms with Gasteiger partial charge in [0.25, 0.3) is 5.91 Å². The van der Waals surface area contributed by atoms with Gasteiger partial charge in [-0.05, 0) is 42.7 Å². The molecule has 29 heavy (non-hydrogen) atoms. The summed E-state index contributed by atoms with van der Waals surface area (Å²) in [5, 5.41) is 12.1. The molecule has 1 saturated heterocycles. The molecule has 2 aromatic rings. The van der Waals surface area contributed by atoms with Crippen molar-refractivity contribution in [1.82, 2.24) is 10.2 Å². The number of carbonyl (C=O) groups is 2. The second-order valence-electron chi connectivity index (χ2n) is 6.73. The summed E-state index contributed by atoms with van der Waals surface area (Å²) >= 11 is 1.64. The molecule has 7 nitrogen and oxygen atoms in total. The lowest BCUT2D eigenvalue weighted by Gasteiger charge is -2.38. The molecule has 152 valence electrons. The summed E-state index contributed by atoms with van der Waals surface area (Å²) < 4.78 is 5.14. The highest BCUT2D eigenvalue weighted by Crippen LogP contribution is 2.21. The zero-order valence-electron chi connectivity index (χ0n) is 16.3. The number of para-hydroxylation sites is 1. The van der Waals surface area contributed by atoms with E-state index in [1.807, 2.05) is 24.5 Å². The Hall–Kier alpha value is -2.92. The molecule has 2 heterocycles. The quantitative estimate of drug-likeness (QED) is 0.751. The Bertz CT molecular complexity index is 870. The van der Waals surface area contributed by atoms with Crippen LogP contribution < -0.4 is 10.2 Å². The summed E-state index contributed by atoms with van der Waals surface area (Å²) in [7, 11) is 0. The Kier molecular flexibility index (Phi) is 7.19. The zero-order chi connectivity index (χ0) is 20.6. The van der Waals surface area contributed by atoms with Gasteiger partial charge in [-0.15, -0.1) is 0 Å². The largest absolute Gasteiger partial charge is 0.459 e. The molecule has 0 spiro atoms. The third kappa shape index (κ3) is 5.12. The molecule has 1 unspecified atom stereocenters. The molecular weight excluding hydrogens is 388 g/mol. The summed E-state index contributed by atoms with van der Waals surface area (Å²) in [5.41, 5.74) is 1.53. The Morgan fingerprint density at radius 2 is 1.97 bits per heavy atom. The molecule has 0 radical (unpaired) electrons. The van der Waals surface area contributed by atoms with Crippen LogP contribution in [0, 0.1) is 11.3 Å². The first-order valence-corrected chi connectivity index (χ1v) is 10.9. The molecule has 2 amide bonds. The van der Waals surface area contributed by atoms with Crippen molar-refractivity contribution in [3.8, 4) is 6.07 Å². The van der Waals surface area contributed by atoms with Gasteiger partial charge in [0.05, 0.1) is 17.5 Å². The van der Waals surface area contributed by atoms with Crippen LogP contribution in [0.3, 0.4) is 0 Å². The van der Waals surface area contributed by atoms with Crippen molar-refractivity contribution in [1.29, 1.82) is 5.26 Å². The summed E-state index contributed by atoms with van der Waals surface area (Å²) in [6, 6.07) is 12.4. The smallest absolute Gasteiger partial charge is 0.287 e. The molecule has 1 aliphatic rings. The third-order valence-corrected chi connectivity index (χ3v) is 5.56. The fraction of sp³-hybridized carbons (Fsp3) is 0.381.